The fraction of sp³-hybridized carbons (Fsp3) is 0.143. The third kappa shape index (κ3) is 4.60. The molecule has 3 heteroatoms. The summed E-state index contributed by atoms with van der Waals surface area (Å²) in [4.78, 5) is 0. The van der Waals surface area contributed by atoms with E-state index in [9.17, 15) is 0 Å². The summed E-state index contributed by atoms with van der Waals surface area (Å²) in [7, 11) is 0. The molecular formula is C21H22ClNO. The van der Waals surface area contributed by atoms with Crippen LogP contribution in [0.1, 0.15) is 24.1 Å². The van der Waals surface area contributed by atoms with Crippen molar-refractivity contribution in [1.82, 2.24) is 0 Å². The van der Waals surface area contributed by atoms with Gasteiger partial charge in [0.1, 0.15) is 12.4 Å². The zero-order valence-electron chi connectivity index (χ0n) is 13.7. The predicted octanol–water partition coefficient (Wildman–Crippen LogP) is 5.37. The van der Waals surface area contributed by atoms with Crippen molar-refractivity contribution in [3.63, 3.8) is 0 Å². The maximum absolute atomic E-state index is 5.96. The Hall–Kier alpha value is -2.29. The van der Waals surface area contributed by atoms with E-state index >= 15 is 0 Å². The van der Waals surface area contributed by atoms with E-state index in [0.717, 1.165) is 11.3 Å². The summed E-state index contributed by atoms with van der Waals surface area (Å²) in [5.41, 5.74) is 10.6. The molecule has 0 bridgehead atoms. The summed E-state index contributed by atoms with van der Waals surface area (Å²) in [6.07, 6.45) is 0. The minimum atomic E-state index is 0. The maximum Gasteiger partial charge on any atom is 0.119 e. The maximum atomic E-state index is 5.96. The molecule has 3 aromatic carbocycles. The van der Waals surface area contributed by atoms with Gasteiger partial charge in [-0.25, -0.2) is 0 Å². The quantitative estimate of drug-likeness (QED) is 0.677. The molecule has 0 amide bonds. The summed E-state index contributed by atoms with van der Waals surface area (Å²) in [5, 5.41) is 0. The Labute approximate surface area is 149 Å². The normalized spacial score (nSPS) is 11.4. The first-order chi connectivity index (χ1) is 11.2. The van der Waals surface area contributed by atoms with Crippen molar-refractivity contribution in [3.8, 4) is 16.9 Å². The Kier molecular flexibility index (Phi) is 6.42. The topological polar surface area (TPSA) is 35.2 Å². The minimum Gasteiger partial charge on any atom is -0.489 e. The predicted molar refractivity (Wildman–Crippen MR) is 103 cm³/mol. The molecule has 0 aromatic heterocycles. The second-order valence-corrected chi connectivity index (χ2v) is 5.71. The summed E-state index contributed by atoms with van der Waals surface area (Å²) in [6, 6.07) is 26.8. The highest BCUT2D eigenvalue weighted by Gasteiger charge is 2.03. The highest BCUT2D eigenvalue weighted by Crippen LogP contribution is 2.25. The van der Waals surface area contributed by atoms with E-state index in [-0.39, 0.29) is 18.4 Å². The van der Waals surface area contributed by atoms with Crippen LogP contribution in [0.3, 0.4) is 0 Å². The number of hydrogen-bond acceptors (Lipinski definition) is 2. The second kappa shape index (κ2) is 8.53. The Balaban J connectivity index is 0.00000208. The van der Waals surface area contributed by atoms with Crippen LogP contribution in [0.4, 0.5) is 0 Å². The van der Waals surface area contributed by atoms with Crippen LogP contribution in [-0.2, 0) is 6.61 Å². The molecule has 124 valence electrons. The first-order valence-electron chi connectivity index (χ1n) is 7.85. The van der Waals surface area contributed by atoms with Crippen LogP contribution < -0.4 is 10.5 Å². The lowest BCUT2D eigenvalue weighted by Crippen LogP contribution is -2.04. The Morgan fingerprint density at radius 2 is 1.54 bits per heavy atom. The number of hydrogen-bond donors (Lipinski definition) is 1. The van der Waals surface area contributed by atoms with Crippen LogP contribution in [0.25, 0.3) is 11.1 Å². The molecule has 0 aliphatic rings. The first-order valence-corrected chi connectivity index (χ1v) is 7.85. The average Bonchev–Trinajstić information content (AvgIpc) is 2.61. The van der Waals surface area contributed by atoms with Crippen LogP contribution in [0, 0.1) is 0 Å². The highest BCUT2D eigenvalue weighted by molar-refractivity contribution is 5.85. The molecule has 0 fully saturated rings. The van der Waals surface area contributed by atoms with Crippen molar-refractivity contribution in [3.05, 3.63) is 90.0 Å². The summed E-state index contributed by atoms with van der Waals surface area (Å²) >= 11 is 0. The van der Waals surface area contributed by atoms with E-state index in [0.29, 0.717) is 6.61 Å². The first kappa shape index (κ1) is 18.1. The molecule has 0 aliphatic heterocycles. The SMILES string of the molecule is C[C@H](N)c1cccc(-c2ccc(OCc3ccccc3)cc2)c1.Cl. The van der Waals surface area contributed by atoms with Gasteiger partial charge in [-0.05, 0) is 47.4 Å². The van der Waals surface area contributed by atoms with E-state index < -0.39 is 0 Å². The molecule has 0 aliphatic carbocycles. The lowest BCUT2D eigenvalue weighted by atomic mass is 10.0. The number of nitrogens with two attached hydrogens (primary N) is 1. The zero-order chi connectivity index (χ0) is 16.1. The van der Waals surface area contributed by atoms with Gasteiger partial charge in [0.05, 0.1) is 0 Å². The molecule has 3 aromatic rings. The number of ether oxygens (including phenoxy) is 1. The van der Waals surface area contributed by atoms with Gasteiger partial charge >= 0.3 is 0 Å². The molecule has 0 saturated heterocycles. The minimum absolute atomic E-state index is 0. The lowest BCUT2D eigenvalue weighted by molar-refractivity contribution is 0.306. The summed E-state index contributed by atoms with van der Waals surface area (Å²) in [5.74, 6) is 0.876. The summed E-state index contributed by atoms with van der Waals surface area (Å²) in [6.45, 7) is 2.58. The van der Waals surface area contributed by atoms with E-state index in [2.05, 4.69) is 42.5 Å². The van der Waals surface area contributed by atoms with Gasteiger partial charge in [-0.3, -0.25) is 0 Å². The Bertz CT molecular complexity index is 754. The molecule has 0 unspecified atom stereocenters. The molecular weight excluding hydrogens is 318 g/mol. The van der Waals surface area contributed by atoms with Crippen molar-refractivity contribution in [2.45, 2.75) is 19.6 Å². The van der Waals surface area contributed by atoms with Crippen LogP contribution in [0.15, 0.2) is 78.9 Å². The van der Waals surface area contributed by atoms with Gasteiger partial charge in [-0.1, -0.05) is 60.7 Å². The van der Waals surface area contributed by atoms with E-state index in [1.54, 1.807) is 0 Å². The van der Waals surface area contributed by atoms with Crippen LogP contribution >= 0.6 is 12.4 Å². The van der Waals surface area contributed by atoms with Gasteiger partial charge in [0, 0.05) is 6.04 Å². The fourth-order valence-electron chi connectivity index (χ4n) is 2.49. The van der Waals surface area contributed by atoms with Crippen molar-refractivity contribution in [2.24, 2.45) is 5.73 Å². The largest absolute Gasteiger partial charge is 0.489 e. The molecule has 2 nitrogen and oxygen atoms in total. The Morgan fingerprint density at radius 1 is 0.833 bits per heavy atom. The van der Waals surface area contributed by atoms with Crippen molar-refractivity contribution in [1.29, 1.82) is 0 Å². The molecule has 0 radical (unpaired) electrons. The second-order valence-electron chi connectivity index (χ2n) is 5.71. The highest BCUT2D eigenvalue weighted by atomic mass is 35.5. The Morgan fingerprint density at radius 3 is 2.21 bits per heavy atom. The lowest BCUT2D eigenvalue weighted by Gasteiger charge is -2.10. The van der Waals surface area contributed by atoms with Gasteiger partial charge in [-0.15, -0.1) is 12.4 Å². The molecule has 0 heterocycles. The van der Waals surface area contributed by atoms with Gasteiger partial charge in [-0.2, -0.15) is 0 Å². The van der Waals surface area contributed by atoms with Gasteiger partial charge < -0.3 is 10.5 Å². The molecule has 1 atom stereocenters. The zero-order valence-corrected chi connectivity index (χ0v) is 14.5. The van der Waals surface area contributed by atoms with Gasteiger partial charge in [0.25, 0.3) is 0 Å². The van der Waals surface area contributed by atoms with Crippen LogP contribution in [0.5, 0.6) is 5.75 Å². The number of benzene rings is 3. The van der Waals surface area contributed by atoms with Crippen molar-refractivity contribution in [2.75, 3.05) is 0 Å². The summed E-state index contributed by atoms with van der Waals surface area (Å²) < 4.78 is 5.82. The van der Waals surface area contributed by atoms with Crippen LogP contribution in [-0.4, -0.2) is 0 Å². The van der Waals surface area contributed by atoms with E-state index in [1.807, 2.05) is 43.3 Å². The van der Waals surface area contributed by atoms with Crippen molar-refractivity contribution < 1.29 is 4.74 Å². The monoisotopic (exact) mass is 339 g/mol. The smallest absolute Gasteiger partial charge is 0.119 e. The third-order valence-electron chi connectivity index (χ3n) is 3.85. The van der Waals surface area contributed by atoms with Gasteiger partial charge in [0.15, 0.2) is 0 Å². The standard InChI is InChI=1S/C21H21NO.ClH/c1-16(22)19-8-5-9-20(14-19)18-10-12-21(13-11-18)23-15-17-6-3-2-4-7-17;/h2-14,16H,15,22H2,1H3;1H/t16-;/m0./s1. The molecule has 24 heavy (non-hydrogen) atoms. The third-order valence-corrected chi connectivity index (χ3v) is 3.85. The molecule has 0 saturated carbocycles. The van der Waals surface area contributed by atoms with Crippen molar-refractivity contribution >= 4 is 12.4 Å². The number of rotatable bonds is 5. The fourth-order valence-corrected chi connectivity index (χ4v) is 2.49. The van der Waals surface area contributed by atoms with E-state index in [4.69, 9.17) is 10.5 Å². The number of halogens is 1. The molecule has 3 rings (SSSR count). The van der Waals surface area contributed by atoms with E-state index in [1.165, 1.54) is 16.7 Å². The molecule has 2 N–H and O–H groups in total. The average molecular weight is 340 g/mol. The van der Waals surface area contributed by atoms with Crippen LogP contribution in [0.2, 0.25) is 0 Å². The van der Waals surface area contributed by atoms with Gasteiger partial charge in [0.2, 0.25) is 0 Å². The molecule has 0 spiro atoms.